The van der Waals surface area contributed by atoms with Crippen molar-refractivity contribution in [1.29, 1.82) is 0 Å². The maximum Gasteiger partial charge on any atom is 0.433 e. The molecule has 0 N–H and O–H groups in total. The summed E-state index contributed by atoms with van der Waals surface area (Å²) in [5.41, 5.74) is -0.508. The molecule has 0 radical (unpaired) electrons. The third-order valence-electron chi connectivity index (χ3n) is 6.46. The highest BCUT2D eigenvalue weighted by Gasteiger charge is 2.39. The van der Waals surface area contributed by atoms with Gasteiger partial charge in [-0.1, -0.05) is 11.6 Å². The number of methoxy groups -OCH3 is 1. The normalized spacial score (nSPS) is 14.9. The van der Waals surface area contributed by atoms with Crippen LogP contribution >= 0.6 is 22.9 Å². The number of alkyl halides is 3. The fourth-order valence-electron chi connectivity index (χ4n) is 4.51. The van der Waals surface area contributed by atoms with E-state index in [4.69, 9.17) is 16.3 Å². The number of hydrogen-bond acceptors (Lipinski definition) is 6. The van der Waals surface area contributed by atoms with Gasteiger partial charge >= 0.3 is 6.18 Å². The molecule has 0 aliphatic carbocycles. The summed E-state index contributed by atoms with van der Waals surface area (Å²) in [7, 11) is 1.51. The largest absolute Gasteiger partial charge is 0.497 e. The number of carbonyl (C=O) groups excluding carboxylic acids is 1. The summed E-state index contributed by atoms with van der Waals surface area (Å²) in [5.74, 6) is 0.174. The average Bonchev–Trinajstić information content (AvgIpc) is 3.48. The molecule has 5 rings (SSSR count). The van der Waals surface area contributed by atoms with E-state index in [9.17, 15) is 18.0 Å². The Kier molecular flexibility index (Phi) is 6.86. The van der Waals surface area contributed by atoms with Gasteiger partial charge in [0, 0.05) is 48.7 Å². The number of halogens is 4. The van der Waals surface area contributed by atoms with Gasteiger partial charge in [0.2, 0.25) is 0 Å². The maximum atomic E-state index is 14.2. The summed E-state index contributed by atoms with van der Waals surface area (Å²) >= 11 is 7.79. The first-order chi connectivity index (χ1) is 17.7. The van der Waals surface area contributed by atoms with E-state index in [0.29, 0.717) is 44.0 Å². The third kappa shape index (κ3) is 4.90. The summed E-state index contributed by atoms with van der Waals surface area (Å²) in [6, 6.07) is 8.44. The van der Waals surface area contributed by atoms with Crippen molar-refractivity contribution in [2.45, 2.75) is 19.6 Å². The lowest BCUT2D eigenvalue weighted by molar-refractivity contribution is -0.143. The van der Waals surface area contributed by atoms with Gasteiger partial charge in [0.25, 0.3) is 5.91 Å². The molecule has 0 atom stereocenters. The van der Waals surface area contributed by atoms with E-state index in [-0.39, 0.29) is 22.5 Å². The molecule has 0 unspecified atom stereocenters. The molecule has 194 valence electrons. The molecule has 1 aromatic carbocycles. The van der Waals surface area contributed by atoms with Crippen LogP contribution in [-0.2, 0) is 12.7 Å². The maximum absolute atomic E-state index is 14.2. The minimum atomic E-state index is -4.70. The van der Waals surface area contributed by atoms with Gasteiger partial charge in [-0.25, -0.2) is 9.50 Å². The molecule has 1 aliphatic rings. The number of rotatable bonds is 5. The lowest BCUT2D eigenvalue weighted by Gasteiger charge is -2.34. The van der Waals surface area contributed by atoms with Gasteiger partial charge in [0.15, 0.2) is 11.3 Å². The highest BCUT2D eigenvalue weighted by Crippen LogP contribution is 2.37. The number of fused-ring (bicyclic) bond motifs is 1. The topological polar surface area (TPSA) is 63.0 Å². The summed E-state index contributed by atoms with van der Waals surface area (Å²) in [6.45, 7) is 4.16. The molecule has 0 saturated carbocycles. The van der Waals surface area contributed by atoms with Crippen LogP contribution in [0.15, 0.2) is 41.9 Å². The van der Waals surface area contributed by atoms with Crippen molar-refractivity contribution in [3.05, 3.63) is 68.6 Å². The van der Waals surface area contributed by atoms with Crippen LogP contribution in [0.2, 0.25) is 5.02 Å². The van der Waals surface area contributed by atoms with E-state index in [0.717, 1.165) is 14.4 Å². The van der Waals surface area contributed by atoms with Crippen LogP contribution in [0.1, 0.15) is 26.5 Å². The first-order valence-corrected chi connectivity index (χ1v) is 12.8. The minimum Gasteiger partial charge on any atom is -0.497 e. The highest BCUT2D eigenvalue weighted by molar-refractivity contribution is 7.10. The quantitative estimate of drug-likeness (QED) is 0.333. The molecule has 4 heterocycles. The smallest absolute Gasteiger partial charge is 0.433 e. The second-order valence-electron chi connectivity index (χ2n) is 8.71. The van der Waals surface area contributed by atoms with E-state index >= 15 is 0 Å². The SMILES string of the molecule is COc1ccc(-c2nc3c(C(=O)N4CCN(Cc5sccc5Cl)CC4)cnn3c(C(F)(F)F)c2C)cc1. The number of hydrogen-bond donors (Lipinski definition) is 0. The van der Waals surface area contributed by atoms with Gasteiger partial charge in [-0.05, 0) is 42.6 Å². The van der Waals surface area contributed by atoms with Gasteiger partial charge in [-0.3, -0.25) is 9.69 Å². The molecule has 12 heteroatoms. The van der Waals surface area contributed by atoms with Crippen LogP contribution in [0, 0.1) is 6.92 Å². The Labute approximate surface area is 220 Å². The zero-order chi connectivity index (χ0) is 26.3. The molecule has 1 saturated heterocycles. The van der Waals surface area contributed by atoms with Crippen LogP contribution in [0.4, 0.5) is 13.2 Å². The van der Waals surface area contributed by atoms with Gasteiger partial charge in [-0.15, -0.1) is 11.3 Å². The second kappa shape index (κ2) is 9.96. The lowest BCUT2D eigenvalue weighted by Crippen LogP contribution is -2.48. The Balaban J connectivity index is 1.46. The first-order valence-electron chi connectivity index (χ1n) is 11.5. The fraction of sp³-hybridized carbons (Fsp3) is 0.320. The molecule has 1 amide bonds. The fourth-order valence-corrected chi connectivity index (χ4v) is 5.65. The Bertz CT molecular complexity index is 1440. The molecule has 1 aliphatic heterocycles. The van der Waals surface area contributed by atoms with Crippen LogP contribution in [0.25, 0.3) is 16.9 Å². The number of nitrogens with zero attached hydrogens (tertiary/aromatic N) is 5. The molecule has 0 spiro atoms. The second-order valence-corrected chi connectivity index (χ2v) is 10.1. The molecular weight excluding hydrogens is 527 g/mol. The van der Waals surface area contributed by atoms with Gasteiger partial charge in [0.05, 0.1) is 24.0 Å². The summed E-state index contributed by atoms with van der Waals surface area (Å²) in [5, 5.41) is 6.61. The summed E-state index contributed by atoms with van der Waals surface area (Å²) < 4.78 is 48.4. The van der Waals surface area contributed by atoms with Crippen molar-refractivity contribution in [1.82, 2.24) is 24.4 Å². The number of amides is 1. The summed E-state index contributed by atoms with van der Waals surface area (Å²) in [6.07, 6.45) is -3.53. The average molecular weight is 550 g/mol. The predicted molar refractivity (Wildman–Crippen MR) is 135 cm³/mol. The number of aromatic nitrogens is 3. The molecule has 37 heavy (non-hydrogen) atoms. The lowest BCUT2D eigenvalue weighted by atomic mass is 10.0. The Morgan fingerprint density at radius 1 is 1.14 bits per heavy atom. The number of benzene rings is 1. The standard InChI is InChI=1S/C25H23ClF3N5O2S/c1-15-21(16-3-5-17(36-2)6-4-16)31-23-18(13-30-34(23)22(15)25(27,28)29)24(35)33-10-8-32(9-11-33)14-20-19(26)7-12-37-20/h3-7,12-13H,8-11,14H2,1-2H3. The number of carbonyl (C=O) groups is 1. The summed E-state index contributed by atoms with van der Waals surface area (Å²) in [4.78, 5) is 22.8. The predicted octanol–water partition coefficient (Wildman–Crippen LogP) is 5.41. The zero-order valence-corrected chi connectivity index (χ0v) is 21.6. The molecule has 4 aromatic rings. The van der Waals surface area contributed by atoms with Crippen molar-refractivity contribution in [3.63, 3.8) is 0 Å². The van der Waals surface area contributed by atoms with Crippen LogP contribution in [-0.4, -0.2) is 63.6 Å². The third-order valence-corrected chi connectivity index (χ3v) is 7.84. The van der Waals surface area contributed by atoms with Crippen LogP contribution in [0.3, 0.4) is 0 Å². The number of ether oxygens (including phenoxy) is 1. The minimum absolute atomic E-state index is 0.0370. The van der Waals surface area contributed by atoms with E-state index in [1.807, 2.05) is 11.4 Å². The van der Waals surface area contributed by atoms with Crippen molar-refractivity contribution in [3.8, 4) is 17.0 Å². The van der Waals surface area contributed by atoms with Crippen molar-refractivity contribution in [2.24, 2.45) is 0 Å². The zero-order valence-electron chi connectivity index (χ0n) is 20.0. The van der Waals surface area contributed by atoms with E-state index in [1.54, 1.807) is 40.5 Å². The molecule has 7 nitrogen and oxygen atoms in total. The molecule has 0 bridgehead atoms. The number of piperazine rings is 1. The monoisotopic (exact) mass is 549 g/mol. The van der Waals surface area contributed by atoms with Crippen molar-refractivity contribution >= 4 is 34.5 Å². The van der Waals surface area contributed by atoms with E-state index in [2.05, 4.69) is 15.0 Å². The first kappa shape index (κ1) is 25.5. The Morgan fingerprint density at radius 2 is 1.84 bits per heavy atom. The van der Waals surface area contributed by atoms with E-state index < -0.39 is 17.8 Å². The van der Waals surface area contributed by atoms with Crippen LogP contribution in [0.5, 0.6) is 5.75 Å². The van der Waals surface area contributed by atoms with Gasteiger partial charge in [0.1, 0.15) is 11.3 Å². The Morgan fingerprint density at radius 3 is 2.43 bits per heavy atom. The molecule has 3 aromatic heterocycles. The van der Waals surface area contributed by atoms with Gasteiger partial charge in [-0.2, -0.15) is 18.3 Å². The van der Waals surface area contributed by atoms with Crippen LogP contribution < -0.4 is 4.74 Å². The molecule has 1 fully saturated rings. The van der Waals surface area contributed by atoms with E-state index in [1.165, 1.54) is 20.2 Å². The highest BCUT2D eigenvalue weighted by atomic mass is 35.5. The molecular formula is C25H23ClF3N5O2S. The number of thiophene rings is 1. The van der Waals surface area contributed by atoms with Crippen molar-refractivity contribution < 1.29 is 22.7 Å². The van der Waals surface area contributed by atoms with Gasteiger partial charge < -0.3 is 9.64 Å². The van der Waals surface area contributed by atoms with Crippen molar-refractivity contribution in [2.75, 3.05) is 33.3 Å². The Hall–Kier alpha value is -3.15.